The van der Waals surface area contributed by atoms with Crippen molar-refractivity contribution in [2.45, 2.75) is 31.2 Å². The summed E-state index contributed by atoms with van der Waals surface area (Å²) in [6.45, 7) is 5.40. The molecule has 2 heterocycles. The molecule has 1 aromatic heterocycles. The van der Waals surface area contributed by atoms with Crippen molar-refractivity contribution in [2.75, 3.05) is 5.75 Å². The summed E-state index contributed by atoms with van der Waals surface area (Å²) in [5, 5.41) is 9.48. The van der Waals surface area contributed by atoms with E-state index in [4.69, 9.17) is 0 Å². The highest BCUT2D eigenvalue weighted by Gasteiger charge is 2.38. The Labute approximate surface area is 86.5 Å². The summed E-state index contributed by atoms with van der Waals surface area (Å²) in [7, 11) is 0. The second-order valence-electron chi connectivity index (χ2n) is 3.74. The molecule has 0 aliphatic carbocycles. The molecule has 0 spiro atoms. The zero-order valence-corrected chi connectivity index (χ0v) is 9.41. The number of nitrogens with zero attached hydrogens (tertiary/aromatic N) is 2. The summed E-state index contributed by atoms with van der Waals surface area (Å²) in [6, 6.07) is 0.624. The average molecular weight is 215 g/mol. The molecule has 5 heteroatoms. The van der Waals surface area contributed by atoms with Gasteiger partial charge in [0, 0.05) is 28.5 Å². The second kappa shape index (κ2) is 3.55. The van der Waals surface area contributed by atoms with Crippen molar-refractivity contribution in [3.8, 4) is 0 Å². The minimum atomic E-state index is 0.392. The number of hydrogen-bond acceptors (Lipinski definition) is 5. The van der Waals surface area contributed by atoms with Gasteiger partial charge in [0.25, 0.3) is 0 Å². The molecular weight excluding hydrogens is 202 g/mol. The topological polar surface area (TPSA) is 37.8 Å². The summed E-state index contributed by atoms with van der Waals surface area (Å²) in [6.07, 6.45) is 0. The molecule has 2 rings (SSSR count). The van der Waals surface area contributed by atoms with Crippen molar-refractivity contribution in [1.82, 2.24) is 14.9 Å². The van der Waals surface area contributed by atoms with Gasteiger partial charge in [0.1, 0.15) is 0 Å². The molecular formula is C8H13N3S2. The normalized spacial score (nSPS) is 25.5. The van der Waals surface area contributed by atoms with E-state index in [1.165, 1.54) is 17.3 Å². The molecule has 0 radical (unpaired) electrons. The molecule has 1 unspecified atom stereocenters. The fraction of sp³-hybridized carbons (Fsp3) is 0.750. The number of aromatic nitrogens is 2. The number of rotatable bonds is 3. The Morgan fingerprint density at radius 1 is 1.69 bits per heavy atom. The molecule has 0 aromatic carbocycles. The molecule has 13 heavy (non-hydrogen) atoms. The minimum absolute atomic E-state index is 0.392. The largest absolute Gasteiger partial charge is 0.306 e. The van der Waals surface area contributed by atoms with Crippen LogP contribution in [0.5, 0.6) is 0 Å². The maximum atomic E-state index is 3.99. The number of thioether (sulfide) groups is 1. The van der Waals surface area contributed by atoms with Crippen LogP contribution in [0.3, 0.4) is 0 Å². The first-order valence-electron chi connectivity index (χ1n) is 4.32. The summed E-state index contributed by atoms with van der Waals surface area (Å²) in [4.78, 5) is 0. The quantitative estimate of drug-likeness (QED) is 0.829. The van der Waals surface area contributed by atoms with E-state index >= 15 is 0 Å². The minimum Gasteiger partial charge on any atom is -0.306 e. The van der Waals surface area contributed by atoms with Crippen LogP contribution >= 0.6 is 23.3 Å². The fourth-order valence-corrected chi connectivity index (χ4v) is 2.95. The maximum absolute atomic E-state index is 3.99. The summed E-state index contributed by atoms with van der Waals surface area (Å²) < 4.78 is 4.22. The maximum Gasteiger partial charge on any atom is 0.0893 e. The van der Waals surface area contributed by atoms with E-state index in [1.807, 2.05) is 17.1 Å². The molecule has 1 aliphatic rings. The predicted molar refractivity (Wildman–Crippen MR) is 57.1 cm³/mol. The Balaban J connectivity index is 1.81. The Kier molecular flexibility index (Phi) is 2.58. The lowest BCUT2D eigenvalue weighted by Gasteiger charge is -2.44. The van der Waals surface area contributed by atoms with E-state index in [-0.39, 0.29) is 0 Å². The highest BCUT2D eigenvalue weighted by Crippen LogP contribution is 2.39. The van der Waals surface area contributed by atoms with Gasteiger partial charge in [-0.15, -0.1) is 5.10 Å². The average Bonchev–Trinajstić information content (AvgIpc) is 2.55. The van der Waals surface area contributed by atoms with Crippen LogP contribution in [0.2, 0.25) is 0 Å². The molecule has 1 fully saturated rings. The lowest BCUT2D eigenvalue weighted by molar-refractivity contribution is 0.433. The first kappa shape index (κ1) is 9.43. The zero-order valence-electron chi connectivity index (χ0n) is 7.78. The van der Waals surface area contributed by atoms with Crippen molar-refractivity contribution >= 4 is 23.3 Å². The highest BCUT2D eigenvalue weighted by atomic mass is 32.2. The number of nitrogens with one attached hydrogen (secondary N) is 1. The van der Waals surface area contributed by atoms with Crippen LogP contribution in [0.4, 0.5) is 0 Å². The van der Waals surface area contributed by atoms with Gasteiger partial charge in [-0.2, -0.15) is 11.8 Å². The van der Waals surface area contributed by atoms with E-state index in [0.717, 1.165) is 12.2 Å². The van der Waals surface area contributed by atoms with Crippen molar-refractivity contribution in [3.63, 3.8) is 0 Å². The molecule has 1 saturated heterocycles. The van der Waals surface area contributed by atoms with Crippen LogP contribution in [0.25, 0.3) is 0 Å². The van der Waals surface area contributed by atoms with Gasteiger partial charge in [0.05, 0.1) is 5.69 Å². The monoisotopic (exact) mass is 215 g/mol. The second-order valence-corrected chi connectivity index (χ2v) is 6.03. The van der Waals surface area contributed by atoms with Gasteiger partial charge in [-0.1, -0.05) is 4.49 Å². The van der Waals surface area contributed by atoms with Gasteiger partial charge in [0.2, 0.25) is 0 Å². The SMILES string of the molecule is CC1(C)SCC1NCc1csnn1. The van der Waals surface area contributed by atoms with Crippen LogP contribution in [0.1, 0.15) is 19.5 Å². The van der Waals surface area contributed by atoms with E-state index in [1.54, 1.807) is 0 Å². The standard InChI is InChI=1S/C8H13N3S2/c1-8(2)7(5-12-8)9-3-6-4-13-11-10-6/h4,7,9H,3,5H2,1-2H3. The van der Waals surface area contributed by atoms with Gasteiger partial charge >= 0.3 is 0 Å². The molecule has 0 bridgehead atoms. The van der Waals surface area contributed by atoms with Crippen LogP contribution < -0.4 is 5.32 Å². The van der Waals surface area contributed by atoms with Gasteiger partial charge in [-0.25, -0.2) is 0 Å². The first-order valence-corrected chi connectivity index (χ1v) is 6.14. The van der Waals surface area contributed by atoms with Gasteiger partial charge in [-0.05, 0) is 25.4 Å². The van der Waals surface area contributed by atoms with Gasteiger partial charge in [-0.3, -0.25) is 0 Å². The molecule has 1 atom stereocenters. The van der Waals surface area contributed by atoms with Crippen LogP contribution in [-0.2, 0) is 6.54 Å². The van der Waals surface area contributed by atoms with Crippen LogP contribution in [0.15, 0.2) is 5.38 Å². The Morgan fingerprint density at radius 2 is 2.54 bits per heavy atom. The van der Waals surface area contributed by atoms with Crippen LogP contribution in [0, 0.1) is 0 Å². The van der Waals surface area contributed by atoms with E-state index in [0.29, 0.717) is 10.8 Å². The molecule has 1 aliphatic heterocycles. The lowest BCUT2D eigenvalue weighted by Crippen LogP contribution is -2.54. The Morgan fingerprint density at radius 3 is 3.00 bits per heavy atom. The van der Waals surface area contributed by atoms with Crippen molar-refractivity contribution < 1.29 is 0 Å². The van der Waals surface area contributed by atoms with E-state index in [9.17, 15) is 0 Å². The molecule has 1 N–H and O–H groups in total. The van der Waals surface area contributed by atoms with Crippen molar-refractivity contribution in [1.29, 1.82) is 0 Å². The van der Waals surface area contributed by atoms with Gasteiger partial charge in [0.15, 0.2) is 0 Å². The third-order valence-electron chi connectivity index (χ3n) is 2.40. The molecule has 72 valence electrons. The molecule has 1 aromatic rings. The van der Waals surface area contributed by atoms with E-state index < -0.39 is 0 Å². The zero-order chi connectivity index (χ0) is 9.31. The van der Waals surface area contributed by atoms with E-state index in [2.05, 4.69) is 28.8 Å². The predicted octanol–water partition coefficient (Wildman–Crippen LogP) is 1.52. The summed E-state index contributed by atoms with van der Waals surface area (Å²) >= 11 is 3.42. The van der Waals surface area contributed by atoms with Gasteiger partial charge < -0.3 is 5.32 Å². The third-order valence-corrected chi connectivity index (χ3v) is 4.48. The molecule has 0 saturated carbocycles. The Hall–Kier alpha value is -0.130. The van der Waals surface area contributed by atoms with Crippen molar-refractivity contribution in [3.05, 3.63) is 11.1 Å². The Bertz CT molecular complexity index is 271. The van der Waals surface area contributed by atoms with Crippen molar-refractivity contribution in [2.24, 2.45) is 0 Å². The highest BCUT2D eigenvalue weighted by molar-refractivity contribution is 8.02. The summed E-state index contributed by atoms with van der Waals surface area (Å²) in [5.41, 5.74) is 1.05. The molecule has 3 nitrogen and oxygen atoms in total. The summed E-state index contributed by atoms with van der Waals surface area (Å²) in [5.74, 6) is 1.21. The molecule has 0 amide bonds. The fourth-order valence-electron chi connectivity index (χ4n) is 1.29. The number of hydrogen-bond donors (Lipinski definition) is 1. The lowest BCUT2D eigenvalue weighted by atomic mass is 10.0. The first-order chi connectivity index (χ1) is 6.18. The van der Waals surface area contributed by atoms with Crippen LogP contribution in [-0.4, -0.2) is 26.1 Å². The smallest absolute Gasteiger partial charge is 0.0893 e. The third kappa shape index (κ3) is 2.03.